The summed E-state index contributed by atoms with van der Waals surface area (Å²) >= 11 is 7.55. The van der Waals surface area contributed by atoms with E-state index in [1.807, 2.05) is 18.4 Å². The topological polar surface area (TPSA) is 20.2 Å². The van der Waals surface area contributed by atoms with E-state index in [0.29, 0.717) is 5.75 Å². The van der Waals surface area contributed by atoms with E-state index >= 15 is 0 Å². The van der Waals surface area contributed by atoms with E-state index in [9.17, 15) is 5.11 Å². The molecule has 0 radical (unpaired) electrons. The zero-order valence-corrected chi connectivity index (χ0v) is 9.47. The maximum Gasteiger partial charge on any atom is 0.134 e. The Morgan fingerprint density at radius 1 is 1.46 bits per heavy atom. The van der Waals surface area contributed by atoms with Crippen molar-refractivity contribution in [2.45, 2.75) is 9.79 Å². The summed E-state index contributed by atoms with van der Waals surface area (Å²) in [5.74, 6) is 0.353. The maximum atomic E-state index is 9.52. The van der Waals surface area contributed by atoms with Crippen LogP contribution in [-0.4, -0.2) is 11.4 Å². The molecule has 1 aromatic carbocycles. The van der Waals surface area contributed by atoms with Crippen molar-refractivity contribution in [1.82, 2.24) is 0 Å². The second-order valence-electron chi connectivity index (χ2n) is 2.64. The summed E-state index contributed by atoms with van der Waals surface area (Å²) in [4.78, 5) is 2.07. The summed E-state index contributed by atoms with van der Waals surface area (Å²) in [5, 5.41) is 12.2. The number of thiophene rings is 1. The minimum atomic E-state index is 0.353. The molecule has 13 heavy (non-hydrogen) atoms. The van der Waals surface area contributed by atoms with Crippen LogP contribution in [0.4, 0.5) is 0 Å². The molecule has 0 aliphatic heterocycles. The molecule has 0 unspecified atom stereocenters. The lowest BCUT2D eigenvalue weighted by atomic mass is 10.2. The van der Waals surface area contributed by atoms with E-state index in [1.165, 1.54) is 11.3 Å². The minimum Gasteiger partial charge on any atom is -0.506 e. The van der Waals surface area contributed by atoms with Crippen molar-refractivity contribution in [2.75, 3.05) is 6.26 Å². The molecule has 1 nitrogen and oxygen atoms in total. The average Bonchev–Trinajstić information content (AvgIpc) is 2.48. The Labute approximate surface area is 90.2 Å². The van der Waals surface area contributed by atoms with E-state index in [4.69, 9.17) is 0 Å². The summed E-state index contributed by atoms with van der Waals surface area (Å²) in [6.45, 7) is 0. The summed E-state index contributed by atoms with van der Waals surface area (Å²) in [6.07, 6.45) is 2.01. The number of thiol groups is 1. The normalized spacial score (nSPS) is 10.9. The Bertz CT molecular complexity index is 447. The van der Waals surface area contributed by atoms with Gasteiger partial charge in [0.2, 0.25) is 0 Å². The fourth-order valence-corrected chi connectivity index (χ4v) is 3.00. The molecule has 2 rings (SSSR count). The molecule has 68 valence electrons. The van der Waals surface area contributed by atoms with Gasteiger partial charge in [0.1, 0.15) is 5.75 Å². The van der Waals surface area contributed by atoms with Gasteiger partial charge in [-0.3, -0.25) is 0 Å². The molecule has 0 fully saturated rings. The lowest BCUT2D eigenvalue weighted by Gasteiger charge is -1.99. The van der Waals surface area contributed by atoms with Crippen LogP contribution in [0, 0.1) is 0 Å². The van der Waals surface area contributed by atoms with Crippen LogP contribution in [0.3, 0.4) is 0 Å². The summed E-state index contributed by atoms with van der Waals surface area (Å²) in [5.41, 5.74) is 0. The van der Waals surface area contributed by atoms with E-state index < -0.39 is 0 Å². The Morgan fingerprint density at radius 2 is 2.23 bits per heavy atom. The lowest BCUT2D eigenvalue weighted by molar-refractivity contribution is 0.483. The van der Waals surface area contributed by atoms with Gasteiger partial charge < -0.3 is 5.11 Å². The Hall–Kier alpha value is -0.320. The first kappa shape index (κ1) is 9.24. The van der Waals surface area contributed by atoms with Crippen molar-refractivity contribution in [3.05, 3.63) is 17.5 Å². The molecule has 1 heterocycles. The van der Waals surface area contributed by atoms with Crippen molar-refractivity contribution in [2.24, 2.45) is 0 Å². The highest BCUT2D eigenvalue weighted by atomic mass is 32.2. The van der Waals surface area contributed by atoms with Gasteiger partial charge in [-0.1, -0.05) is 0 Å². The first-order valence-corrected chi connectivity index (χ1v) is 6.24. The number of rotatable bonds is 1. The predicted molar refractivity (Wildman–Crippen MR) is 62.5 cm³/mol. The van der Waals surface area contributed by atoms with E-state index in [1.54, 1.807) is 17.1 Å². The Kier molecular flexibility index (Phi) is 2.45. The highest BCUT2D eigenvalue weighted by Crippen LogP contribution is 2.37. The van der Waals surface area contributed by atoms with Gasteiger partial charge in [-0.25, -0.2) is 0 Å². The van der Waals surface area contributed by atoms with Crippen LogP contribution in [0.5, 0.6) is 5.75 Å². The molecule has 0 amide bonds. The van der Waals surface area contributed by atoms with Crippen molar-refractivity contribution in [1.29, 1.82) is 0 Å². The lowest BCUT2D eigenvalue weighted by Crippen LogP contribution is -1.72. The summed E-state index contributed by atoms with van der Waals surface area (Å²) in [7, 11) is 0. The van der Waals surface area contributed by atoms with Gasteiger partial charge in [-0.15, -0.1) is 35.7 Å². The van der Waals surface area contributed by atoms with Crippen LogP contribution in [-0.2, 0) is 0 Å². The standard InChI is InChI=1S/C9H8OS3/c1-12-5-2-6-7(10)4-13-9(6)8(11)3-5/h2-4,10-11H,1H3. The van der Waals surface area contributed by atoms with E-state index in [2.05, 4.69) is 12.6 Å². The number of hydrogen-bond acceptors (Lipinski definition) is 4. The zero-order chi connectivity index (χ0) is 9.42. The quantitative estimate of drug-likeness (QED) is 0.574. The molecular formula is C9H8OS3. The SMILES string of the molecule is CSc1cc(S)c2scc(O)c2c1. The van der Waals surface area contributed by atoms with E-state index in [-0.39, 0.29) is 0 Å². The number of fused-ring (bicyclic) bond motifs is 1. The molecule has 0 bridgehead atoms. The highest BCUT2D eigenvalue weighted by Gasteiger charge is 2.06. The molecular weight excluding hydrogens is 220 g/mol. The van der Waals surface area contributed by atoms with Crippen LogP contribution in [0.25, 0.3) is 10.1 Å². The smallest absolute Gasteiger partial charge is 0.134 e. The second kappa shape index (κ2) is 3.44. The molecule has 1 N–H and O–H groups in total. The summed E-state index contributed by atoms with van der Waals surface area (Å²) in [6, 6.07) is 4.01. The third kappa shape index (κ3) is 1.54. The number of hydrogen-bond donors (Lipinski definition) is 2. The predicted octanol–water partition coefficient (Wildman–Crippen LogP) is 3.62. The molecule has 0 atom stereocenters. The molecule has 0 aliphatic rings. The van der Waals surface area contributed by atoms with Gasteiger partial charge in [0.05, 0.1) is 4.70 Å². The van der Waals surface area contributed by atoms with Gasteiger partial charge in [-0.05, 0) is 18.4 Å². The zero-order valence-electron chi connectivity index (χ0n) is 6.94. The van der Waals surface area contributed by atoms with Gasteiger partial charge in [-0.2, -0.15) is 0 Å². The van der Waals surface area contributed by atoms with Crippen molar-refractivity contribution >= 4 is 45.8 Å². The van der Waals surface area contributed by atoms with Gasteiger partial charge in [0.25, 0.3) is 0 Å². The molecule has 1 aromatic heterocycles. The molecule has 4 heteroatoms. The fraction of sp³-hybridized carbons (Fsp3) is 0.111. The molecule has 2 aromatic rings. The molecule has 0 saturated carbocycles. The second-order valence-corrected chi connectivity index (χ2v) is 4.89. The Morgan fingerprint density at radius 3 is 2.92 bits per heavy atom. The first-order valence-electron chi connectivity index (χ1n) is 3.69. The highest BCUT2D eigenvalue weighted by molar-refractivity contribution is 7.98. The van der Waals surface area contributed by atoms with Crippen LogP contribution in [0.2, 0.25) is 0 Å². The van der Waals surface area contributed by atoms with Crippen LogP contribution in [0.15, 0.2) is 27.3 Å². The molecule has 0 spiro atoms. The van der Waals surface area contributed by atoms with Crippen LogP contribution < -0.4 is 0 Å². The Balaban J connectivity index is 2.80. The van der Waals surface area contributed by atoms with Crippen LogP contribution in [0.1, 0.15) is 0 Å². The number of thioether (sulfide) groups is 1. The first-order chi connectivity index (χ1) is 6.22. The maximum absolute atomic E-state index is 9.52. The van der Waals surface area contributed by atoms with Gasteiger partial charge in [0, 0.05) is 20.6 Å². The van der Waals surface area contributed by atoms with Crippen molar-refractivity contribution in [3.63, 3.8) is 0 Å². The van der Waals surface area contributed by atoms with Crippen LogP contribution >= 0.6 is 35.7 Å². The average molecular weight is 228 g/mol. The van der Waals surface area contributed by atoms with E-state index in [0.717, 1.165) is 19.9 Å². The van der Waals surface area contributed by atoms with Gasteiger partial charge in [0.15, 0.2) is 0 Å². The third-order valence-corrected chi connectivity index (χ3v) is 4.07. The third-order valence-electron chi connectivity index (χ3n) is 1.84. The molecule has 0 aliphatic carbocycles. The monoisotopic (exact) mass is 228 g/mol. The number of aromatic hydroxyl groups is 1. The van der Waals surface area contributed by atoms with Crippen molar-refractivity contribution in [3.8, 4) is 5.75 Å². The molecule has 0 saturated heterocycles. The number of benzene rings is 1. The largest absolute Gasteiger partial charge is 0.506 e. The minimum absolute atomic E-state index is 0.353. The van der Waals surface area contributed by atoms with Gasteiger partial charge >= 0.3 is 0 Å². The van der Waals surface area contributed by atoms with Crippen molar-refractivity contribution < 1.29 is 5.11 Å². The fourth-order valence-electron chi connectivity index (χ4n) is 1.20. The summed E-state index contributed by atoms with van der Waals surface area (Å²) < 4.78 is 1.05.